The summed E-state index contributed by atoms with van der Waals surface area (Å²) < 4.78 is 23.9. The van der Waals surface area contributed by atoms with Gasteiger partial charge < -0.3 is 10.6 Å². The first-order valence-electron chi connectivity index (χ1n) is 4.91. The van der Waals surface area contributed by atoms with E-state index in [2.05, 4.69) is 0 Å². The molecule has 1 rings (SSSR count). The first-order valence-corrected chi connectivity index (χ1v) is 4.91. The quantitative estimate of drug-likeness (QED) is 0.803. The van der Waals surface area contributed by atoms with E-state index in [9.17, 15) is 13.6 Å². The van der Waals surface area contributed by atoms with E-state index in [0.717, 1.165) is 0 Å². The van der Waals surface area contributed by atoms with Crippen LogP contribution in [0.2, 0.25) is 0 Å². The number of carbonyl (C=O) groups excluding carboxylic acids is 1. The third kappa shape index (κ3) is 3.49. The van der Waals surface area contributed by atoms with Crippen LogP contribution in [0.15, 0.2) is 24.3 Å². The molecule has 1 amide bonds. The van der Waals surface area contributed by atoms with Crippen LogP contribution in [0.5, 0.6) is 0 Å². The molecule has 0 aromatic heterocycles. The molecule has 0 heterocycles. The van der Waals surface area contributed by atoms with Gasteiger partial charge in [-0.2, -0.15) is 0 Å². The Bertz CT molecular complexity index is 352. The largest absolute Gasteiger partial charge is 0.399 e. The summed E-state index contributed by atoms with van der Waals surface area (Å²) >= 11 is 0. The number of amides is 1. The van der Waals surface area contributed by atoms with Gasteiger partial charge in [0.2, 0.25) is 12.3 Å². The minimum atomic E-state index is -2.44. The summed E-state index contributed by atoms with van der Waals surface area (Å²) in [6.45, 7) is 0. The van der Waals surface area contributed by atoms with Crippen molar-refractivity contribution in [1.29, 1.82) is 0 Å². The number of halogens is 2. The van der Waals surface area contributed by atoms with Crippen molar-refractivity contribution in [3.8, 4) is 0 Å². The van der Waals surface area contributed by atoms with E-state index in [1.807, 2.05) is 0 Å². The normalized spacial score (nSPS) is 10.5. The Morgan fingerprint density at radius 1 is 1.38 bits per heavy atom. The SMILES string of the molecule is CN(C(=O)CCC(F)F)c1ccc(N)cc1. The van der Waals surface area contributed by atoms with Crippen molar-refractivity contribution in [2.24, 2.45) is 0 Å². The molecule has 1 aromatic rings. The molecule has 0 atom stereocenters. The molecule has 0 radical (unpaired) electrons. The molecule has 0 saturated carbocycles. The summed E-state index contributed by atoms with van der Waals surface area (Å²) in [7, 11) is 1.55. The van der Waals surface area contributed by atoms with Gasteiger partial charge in [0.15, 0.2) is 0 Å². The maximum Gasteiger partial charge on any atom is 0.239 e. The molecule has 0 fully saturated rings. The van der Waals surface area contributed by atoms with E-state index in [4.69, 9.17) is 5.73 Å². The fourth-order valence-corrected chi connectivity index (χ4v) is 1.24. The van der Waals surface area contributed by atoms with Gasteiger partial charge in [-0.15, -0.1) is 0 Å². The highest BCUT2D eigenvalue weighted by molar-refractivity contribution is 5.92. The maximum atomic E-state index is 11.9. The fraction of sp³-hybridized carbons (Fsp3) is 0.364. The van der Waals surface area contributed by atoms with Crippen molar-refractivity contribution in [2.45, 2.75) is 19.3 Å². The molecule has 5 heteroatoms. The lowest BCUT2D eigenvalue weighted by molar-refractivity contribution is -0.119. The van der Waals surface area contributed by atoms with Crippen LogP contribution >= 0.6 is 0 Å². The second-order valence-corrected chi connectivity index (χ2v) is 3.47. The Kier molecular flexibility index (Phi) is 4.22. The molecule has 3 nitrogen and oxygen atoms in total. The zero-order valence-electron chi connectivity index (χ0n) is 8.99. The van der Waals surface area contributed by atoms with Crippen LogP contribution in [0.1, 0.15) is 12.8 Å². The fourth-order valence-electron chi connectivity index (χ4n) is 1.24. The van der Waals surface area contributed by atoms with E-state index in [0.29, 0.717) is 11.4 Å². The molecule has 0 spiro atoms. The number of nitrogens with two attached hydrogens (primary N) is 1. The highest BCUT2D eigenvalue weighted by Gasteiger charge is 2.13. The van der Waals surface area contributed by atoms with Crippen LogP contribution in [-0.2, 0) is 4.79 Å². The van der Waals surface area contributed by atoms with Crippen molar-refractivity contribution in [2.75, 3.05) is 17.7 Å². The summed E-state index contributed by atoms with van der Waals surface area (Å²) in [5.74, 6) is -0.329. The predicted molar refractivity (Wildman–Crippen MR) is 59.5 cm³/mol. The van der Waals surface area contributed by atoms with Gasteiger partial charge in [-0.05, 0) is 24.3 Å². The summed E-state index contributed by atoms with van der Waals surface area (Å²) in [5.41, 5.74) is 6.74. The monoisotopic (exact) mass is 228 g/mol. The summed E-state index contributed by atoms with van der Waals surface area (Å²) in [6, 6.07) is 6.67. The molecule has 16 heavy (non-hydrogen) atoms. The minimum Gasteiger partial charge on any atom is -0.399 e. The van der Waals surface area contributed by atoms with Crippen molar-refractivity contribution in [3.05, 3.63) is 24.3 Å². The maximum absolute atomic E-state index is 11.9. The van der Waals surface area contributed by atoms with E-state index in [1.54, 1.807) is 31.3 Å². The van der Waals surface area contributed by atoms with Crippen molar-refractivity contribution in [3.63, 3.8) is 0 Å². The Morgan fingerprint density at radius 3 is 2.44 bits per heavy atom. The predicted octanol–water partition coefficient (Wildman–Crippen LogP) is 2.28. The molecule has 0 saturated heterocycles. The van der Waals surface area contributed by atoms with Gasteiger partial charge in [-0.3, -0.25) is 4.79 Å². The summed E-state index contributed by atoms with van der Waals surface area (Å²) in [5, 5.41) is 0. The Labute approximate surface area is 92.8 Å². The van der Waals surface area contributed by atoms with Crippen LogP contribution in [0.4, 0.5) is 20.2 Å². The standard InChI is InChI=1S/C11H14F2N2O/c1-15(11(16)7-6-10(12)13)9-4-2-8(14)3-5-9/h2-5,10H,6-7,14H2,1H3. The third-order valence-electron chi connectivity index (χ3n) is 2.23. The van der Waals surface area contributed by atoms with E-state index in [-0.39, 0.29) is 12.3 Å². The Hall–Kier alpha value is -1.65. The van der Waals surface area contributed by atoms with Crippen molar-refractivity contribution < 1.29 is 13.6 Å². The number of nitrogens with zero attached hydrogens (tertiary/aromatic N) is 1. The van der Waals surface area contributed by atoms with Crippen molar-refractivity contribution in [1.82, 2.24) is 0 Å². The highest BCUT2D eigenvalue weighted by Crippen LogP contribution is 2.16. The van der Waals surface area contributed by atoms with Crippen molar-refractivity contribution >= 4 is 17.3 Å². The molecule has 1 aromatic carbocycles. The van der Waals surface area contributed by atoms with Crippen LogP contribution in [0.3, 0.4) is 0 Å². The van der Waals surface area contributed by atoms with Crippen LogP contribution in [-0.4, -0.2) is 19.4 Å². The van der Waals surface area contributed by atoms with Gasteiger partial charge in [-0.1, -0.05) is 0 Å². The molecule has 0 aliphatic rings. The second-order valence-electron chi connectivity index (χ2n) is 3.47. The smallest absolute Gasteiger partial charge is 0.239 e. The lowest BCUT2D eigenvalue weighted by Gasteiger charge is -2.17. The van der Waals surface area contributed by atoms with Crippen LogP contribution < -0.4 is 10.6 Å². The minimum absolute atomic E-state index is 0.154. The van der Waals surface area contributed by atoms with Crippen LogP contribution in [0, 0.1) is 0 Å². The topological polar surface area (TPSA) is 46.3 Å². The number of rotatable bonds is 4. The number of alkyl halides is 2. The first kappa shape index (κ1) is 12.4. The van der Waals surface area contributed by atoms with E-state index >= 15 is 0 Å². The average molecular weight is 228 g/mol. The second kappa shape index (κ2) is 5.44. The van der Waals surface area contributed by atoms with Gasteiger partial charge in [0.05, 0.1) is 0 Å². The molecular weight excluding hydrogens is 214 g/mol. The number of benzene rings is 1. The number of nitrogen functional groups attached to an aromatic ring is 1. The molecule has 0 aliphatic heterocycles. The number of anilines is 2. The van der Waals surface area contributed by atoms with E-state index < -0.39 is 12.8 Å². The number of hydrogen-bond acceptors (Lipinski definition) is 2. The van der Waals surface area contributed by atoms with Gasteiger partial charge in [-0.25, -0.2) is 8.78 Å². The number of hydrogen-bond donors (Lipinski definition) is 1. The molecule has 88 valence electrons. The lowest BCUT2D eigenvalue weighted by Crippen LogP contribution is -2.26. The zero-order chi connectivity index (χ0) is 12.1. The zero-order valence-corrected chi connectivity index (χ0v) is 8.99. The van der Waals surface area contributed by atoms with Gasteiger partial charge >= 0.3 is 0 Å². The molecule has 0 unspecified atom stereocenters. The molecule has 0 bridgehead atoms. The van der Waals surface area contributed by atoms with Gasteiger partial charge in [0, 0.05) is 31.3 Å². The van der Waals surface area contributed by atoms with Crippen LogP contribution in [0.25, 0.3) is 0 Å². The van der Waals surface area contributed by atoms with Gasteiger partial charge in [0.25, 0.3) is 0 Å². The molecule has 0 aliphatic carbocycles. The highest BCUT2D eigenvalue weighted by atomic mass is 19.3. The molecular formula is C11H14F2N2O. The average Bonchev–Trinajstić information content (AvgIpc) is 2.26. The Morgan fingerprint density at radius 2 is 1.94 bits per heavy atom. The third-order valence-corrected chi connectivity index (χ3v) is 2.23. The van der Waals surface area contributed by atoms with Gasteiger partial charge in [0.1, 0.15) is 0 Å². The lowest BCUT2D eigenvalue weighted by atomic mass is 10.2. The summed E-state index contributed by atoms with van der Waals surface area (Å²) in [4.78, 5) is 12.8. The van der Waals surface area contributed by atoms with E-state index in [1.165, 1.54) is 4.90 Å². The first-order chi connectivity index (χ1) is 7.50. The molecule has 2 N–H and O–H groups in total. The number of carbonyl (C=O) groups is 1. The Balaban J connectivity index is 2.59. The summed E-state index contributed by atoms with van der Waals surface area (Å²) in [6.07, 6.45) is -3.00.